The zero-order valence-corrected chi connectivity index (χ0v) is 13.1. The van der Waals surface area contributed by atoms with Crippen molar-refractivity contribution in [3.05, 3.63) is 51.9 Å². The Morgan fingerprint density at radius 2 is 1.90 bits per heavy atom. The summed E-state index contributed by atoms with van der Waals surface area (Å²) in [5, 5.41) is 0.516. The number of aryl methyl sites for hydroxylation is 3. The lowest BCUT2D eigenvalue weighted by Gasteiger charge is -2.09. The van der Waals surface area contributed by atoms with E-state index in [1.165, 1.54) is 6.07 Å². The van der Waals surface area contributed by atoms with E-state index in [9.17, 15) is 8.42 Å². The van der Waals surface area contributed by atoms with Crippen LogP contribution in [0.5, 0.6) is 0 Å². The molecule has 0 fully saturated rings. The molecule has 0 atom stereocenters. The second-order valence-electron chi connectivity index (χ2n) is 4.67. The van der Waals surface area contributed by atoms with Gasteiger partial charge >= 0.3 is 0 Å². The Labute approximate surface area is 123 Å². The predicted octanol–water partition coefficient (Wildman–Crippen LogP) is 3.34. The summed E-state index contributed by atoms with van der Waals surface area (Å²) in [6, 6.07) is 6.53. The molecule has 0 saturated carbocycles. The van der Waals surface area contributed by atoms with Gasteiger partial charge in [-0.1, -0.05) is 11.6 Å². The summed E-state index contributed by atoms with van der Waals surface area (Å²) in [6.45, 7) is 5.56. The predicted molar refractivity (Wildman–Crippen MR) is 78.4 cm³/mol. The summed E-state index contributed by atoms with van der Waals surface area (Å²) < 4.78 is 32.5. The van der Waals surface area contributed by atoms with Crippen molar-refractivity contribution in [2.24, 2.45) is 0 Å². The van der Waals surface area contributed by atoms with Gasteiger partial charge in [0, 0.05) is 17.1 Å². The molecule has 0 aliphatic carbocycles. The Bertz CT molecular complexity index is 735. The zero-order chi connectivity index (χ0) is 14.9. The monoisotopic (exact) mass is 313 g/mol. The fourth-order valence-corrected chi connectivity index (χ4v) is 3.48. The van der Waals surface area contributed by atoms with Crippen LogP contribution in [-0.2, 0) is 16.6 Å². The van der Waals surface area contributed by atoms with E-state index in [1.807, 2.05) is 19.9 Å². The Balaban J connectivity index is 2.21. The van der Waals surface area contributed by atoms with Crippen LogP contribution in [0.15, 0.2) is 33.6 Å². The molecule has 0 unspecified atom stereocenters. The van der Waals surface area contributed by atoms with E-state index in [1.54, 1.807) is 19.1 Å². The van der Waals surface area contributed by atoms with E-state index in [4.69, 9.17) is 16.0 Å². The first kappa shape index (κ1) is 15.1. The highest BCUT2D eigenvalue weighted by Gasteiger charge is 2.17. The maximum Gasteiger partial charge on any atom is 0.241 e. The van der Waals surface area contributed by atoms with Gasteiger partial charge in [0.15, 0.2) is 0 Å². The lowest BCUT2D eigenvalue weighted by molar-refractivity contribution is 0.500. The van der Waals surface area contributed by atoms with Crippen LogP contribution < -0.4 is 4.72 Å². The maximum absolute atomic E-state index is 12.3. The van der Waals surface area contributed by atoms with Gasteiger partial charge in [0.05, 0.1) is 4.90 Å². The first-order chi connectivity index (χ1) is 9.29. The van der Waals surface area contributed by atoms with Crippen LogP contribution in [-0.4, -0.2) is 8.42 Å². The van der Waals surface area contributed by atoms with Gasteiger partial charge in [-0.25, -0.2) is 13.1 Å². The zero-order valence-electron chi connectivity index (χ0n) is 11.5. The molecule has 0 aliphatic heterocycles. The average molecular weight is 314 g/mol. The quantitative estimate of drug-likeness (QED) is 0.941. The standard InChI is InChI=1S/C14H16ClNO3S/c1-9-6-13(15)4-5-14(9)20(17,18)16-8-12-7-10(2)19-11(12)3/h4-7,16H,8H2,1-3H3. The molecular formula is C14H16ClNO3S. The molecule has 4 nitrogen and oxygen atoms in total. The van der Waals surface area contributed by atoms with Crippen molar-refractivity contribution in [2.75, 3.05) is 0 Å². The van der Waals surface area contributed by atoms with Gasteiger partial charge in [-0.15, -0.1) is 0 Å². The van der Waals surface area contributed by atoms with E-state index in [0.717, 1.165) is 17.1 Å². The van der Waals surface area contributed by atoms with E-state index < -0.39 is 10.0 Å². The molecule has 0 spiro atoms. The number of furan rings is 1. The highest BCUT2D eigenvalue weighted by Crippen LogP contribution is 2.20. The Kier molecular flexibility index (Phi) is 4.22. The molecule has 0 radical (unpaired) electrons. The fourth-order valence-electron chi connectivity index (χ4n) is 2.02. The molecular weight excluding hydrogens is 298 g/mol. The minimum absolute atomic E-state index is 0.202. The number of hydrogen-bond donors (Lipinski definition) is 1. The molecule has 0 saturated heterocycles. The SMILES string of the molecule is Cc1cc(CNS(=O)(=O)c2ccc(Cl)cc2C)c(C)o1. The van der Waals surface area contributed by atoms with Crippen molar-refractivity contribution in [1.29, 1.82) is 0 Å². The highest BCUT2D eigenvalue weighted by atomic mass is 35.5. The first-order valence-electron chi connectivity index (χ1n) is 6.11. The molecule has 20 heavy (non-hydrogen) atoms. The van der Waals surface area contributed by atoms with Crippen molar-refractivity contribution in [3.8, 4) is 0 Å². The average Bonchev–Trinajstić information content (AvgIpc) is 2.65. The van der Waals surface area contributed by atoms with Crippen LogP contribution in [0.1, 0.15) is 22.6 Å². The number of benzene rings is 1. The summed E-state index contributed by atoms with van der Waals surface area (Å²) in [4.78, 5) is 0.236. The van der Waals surface area contributed by atoms with Crippen LogP contribution >= 0.6 is 11.6 Å². The maximum atomic E-state index is 12.3. The first-order valence-corrected chi connectivity index (χ1v) is 7.97. The van der Waals surface area contributed by atoms with Crippen LogP contribution in [0, 0.1) is 20.8 Å². The van der Waals surface area contributed by atoms with Crippen LogP contribution in [0.3, 0.4) is 0 Å². The number of sulfonamides is 1. The van der Waals surface area contributed by atoms with Gasteiger partial charge < -0.3 is 4.42 Å². The third-order valence-electron chi connectivity index (χ3n) is 3.02. The van der Waals surface area contributed by atoms with Crippen molar-refractivity contribution in [1.82, 2.24) is 4.72 Å². The van der Waals surface area contributed by atoms with Crippen molar-refractivity contribution < 1.29 is 12.8 Å². The second kappa shape index (κ2) is 5.60. The van der Waals surface area contributed by atoms with E-state index >= 15 is 0 Å². The van der Waals surface area contributed by atoms with Crippen molar-refractivity contribution in [3.63, 3.8) is 0 Å². The summed E-state index contributed by atoms with van der Waals surface area (Å²) in [7, 11) is -3.56. The minimum Gasteiger partial charge on any atom is -0.466 e. The van der Waals surface area contributed by atoms with Crippen molar-refractivity contribution >= 4 is 21.6 Å². The number of halogens is 1. The van der Waals surface area contributed by atoms with E-state index in [0.29, 0.717) is 10.6 Å². The van der Waals surface area contributed by atoms with Gasteiger partial charge in [0.25, 0.3) is 0 Å². The molecule has 0 bridgehead atoms. The molecule has 108 valence electrons. The third-order valence-corrected chi connectivity index (χ3v) is 4.82. The molecule has 0 amide bonds. The molecule has 2 rings (SSSR count). The van der Waals surface area contributed by atoms with Crippen LogP contribution in [0.2, 0.25) is 5.02 Å². The number of hydrogen-bond acceptors (Lipinski definition) is 3. The smallest absolute Gasteiger partial charge is 0.241 e. The topological polar surface area (TPSA) is 59.3 Å². The summed E-state index contributed by atoms with van der Waals surface area (Å²) in [5.74, 6) is 1.48. The second-order valence-corrected chi connectivity index (χ2v) is 6.84. The Morgan fingerprint density at radius 3 is 2.45 bits per heavy atom. The Morgan fingerprint density at radius 1 is 1.20 bits per heavy atom. The van der Waals surface area contributed by atoms with Gasteiger partial charge in [0.1, 0.15) is 11.5 Å². The fraction of sp³-hybridized carbons (Fsp3) is 0.286. The number of rotatable bonds is 4. The molecule has 1 aromatic carbocycles. The lowest BCUT2D eigenvalue weighted by Crippen LogP contribution is -2.24. The van der Waals surface area contributed by atoms with Crippen molar-refractivity contribution in [2.45, 2.75) is 32.2 Å². The summed E-state index contributed by atoms with van der Waals surface area (Å²) in [5.41, 5.74) is 1.45. The molecule has 1 heterocycles. The summed E-state index contributed by atoms with van der Waals surface area (Å²) in [6.07, 6.45) is 0. The molecule has 6 heteroatoms. The van der Waals surface area contributed by atoms with Gasteiger partial charge in [-0.2, -0.15) is 0 Å². The number of nitrogens with one attached hydrogen (secondary N) is 1. The van der Waals surface area contributed by atoms with Gasteiger partial charge in [0.2, 0.25) is 10.0 Å². The molecule has 1 aromatic heterocycles. The lowest BCUT2D eigenvalue weighted by atomic mass is 10.2. The highest BCUT2D eigenvalue weighted by molar-refractivity contribution is 7.89. The molecule has 0 aliphatic rings. The Hall–Kier alpha value is -1.30. The minimum atomic E-state index is -3.56. The largest absolute Gasteiger partial charge is 0.466 e. The van der Waals surface area contributed by atoms with Gasteiger partial charge in [-0.05, 0) is 50.6 Å². The summed E-state index contributed by atoms with van der Waals surface area (Å²) >= 11 is 5.84. The molecule has 2 aromatic rings. The van der Waals surface area contributed by atoms with E-state index in [2.05, 4.69) is 4.72 Å². The van der Waals surface area contributed by atoms with Crippen LogP contribution in [0.25, 0.3) is 0 Å². The van der Waals surface area contributed by atoms with Crippen LogP contribution in [0.4, 0.5) is 0 Å². The van der Waals surface area contributed by atoms with Gasteiger partial charge in [-0.3, -0.25) is 0 Å². The molecule has 1 N–H and O–H groups in total. The van der Waals surface area contributed by atoms with E-state index in [-0.39, 0.29) is 11.4 Å². The normalized spacial score (nSPS) is 11.8. The third kappa shape index (κ3) is 3.23.